The number of unbranched alkanes of at least 4 members (excludes halogenated alkanes) is 22. The fourth-order valence-corrected chi connectivity index (χ4v) is 7.50. The Morgan fingerprint density at radius 1 is 0.141 bits per heavy atom. The zero-order valence-electron chi connectivity index (χ0n) is 50.4. The second kappa shape index (κ2) is 80.5. The first-order chi connectivity index (χ1) is 38.8. The van der Waals surface area contributed by atoms with Crippen LogP contribution in [0.3, 0.4) is 0 Å². The van der Waals surface area contributed by atoms with Crippen LogP contribution in [0.2, 0.25) is 0 Å². The monoisotopic (exact) mass is 1130 g/mol. The molecule has 0 unspecified atom stereocenters. The molecule has 0 rings (SSSR count). The molecule has 0 radical (unpaired) electrons. The Hall–Kier alpha value is -0.720. The third-order valence-electron chi connectivity index (χ3n) is 12.0. The summed E-state index contributed by atoms with van der Waals surface area (Å²) in [4.78, 5) is 0. The molecule has 0 aliphatic rings. The highest BCUT2D eigenvalue weighted by atomic mass is 16.6. The third kappa shape index (κ3) is 81.8. The van der Waals surface area contributed by atoms with Crippen molar-refractivity contribution in [2.45, 2.75) is 168 Å². The molecule has 0 saturated heterocycles. The molecule has 0 fully saturated rings. The SMILES string of the molecule is CCCCCCCCCCCCCCCCOCCOCCOCCOCCOCCOCCOCCOCCO.CCCCCCCCCCCCOCCOCCOCCOCCOCCOCCOCCOCCO. The van der Waals surface area contributed by atoms with Crippen LogP contribution in [0.5, 0.6) is 0 Å². The second-order valence-electron chi connectivity index (χ2n) is 19.0. The molecule has 78 heavy (non-hydrogen) atoms. The quantitative estimate of drug-likeness (QED) is 0.0547. The number of hydrogen-bond acceptors (Lipinski definition) is 18. The lowest BCUT2D eigenvalue weighted by Crippen LogP contribution is -2.15. The number of aliphatic hydroxyl groups excluding tert-OH is 2. The van der Waals surface area contributed by atoms with Crippen molar-refractivity contribution in [2.75, 3.05) is 225 Å². The van der Waals surface area contributed by atoms with Crippen molar-refractivity contribution in [3.05, 3.63) is 0 Å². The Morgan fingerprint density at radius 2 is 0.256 bits per heavy atom. The fourth-order valence-electron chi connectivity index (χ4n) is 7.50. The van der Waals surface area contributed by atoms with Gasteiger partial charge in [0, 0.05) is 13.2 Å². The minimum Gasteiger partial charge on any atom is -0.394 e. The molecule has 18 heteroatoms. The molecule has 0 amide bonds. The largest absolute Gasteiger partial charge is 0.394 e. The first kappa shape index (κ1) is 79.3. The summed E-state index contributed by atoms with van der Waals surface area (Å²) in [6, 6.07) is 0. The van der Waals surface area contributed by atoms with Crippen molar-refractivity contribution in [2.24, 2.45) is 0 Å². The van der Waals surface area contributed by atoms with Crippen molar-refractivity contribution in [1.82, 2.24) is 0 Å². The maximum absolute atomic E-state index is 8.58. The first-order valence-electron chi connectivity index (χ1n) is 31.3. The maximum atomic E-state index is 8.58. The van der Waals surface area contributed by atoms with E-state index in [0.717, 1.165) is 26.1 Å². The summed E-state index contributed by atoms with van der Waals surface area (Å²) in [6.45, 7) is 22.3. The Morgan fingerprint density at radius 3 is 0.397 bits per heavy atom. The van der Waals surface area contributed by atoms with E-state index in [-0.39, 0.29) is 13.2 Å². The van der Waals surface area contributed by atoms with Crippen molar-refractivity contribution < 1.29 is 86.0 Å². The van der Waals surface area contributed by atoms with E-state index in [0.29, 0.717) is 198 Å². The van der Waals surface area contributed by atoms with Gasteiger partial charge in [0.1, 0.15) is 0 Å². The molecule has 472 valence electrons. The lowest BCUT2D eigenvalue weighted by molar-refractivity contribution is -0.0238. The molecular formula is C60H124O18. The molecule has 2 N–H and O–H groups in total. The van der Waals surface area contributed by atoms with Crippen LogP contribution in [0.25, 0.3) is 0 Å². The molecule has 0 heterocycles. The molecule has 0 bridgehead atoms. The molecule has 0 saturated carbocycles. The molecular weight excluding hydrogens is 1010 g/mol. The van der Waals surface area contributed by atoms with E-state index in [4.69, 9.17) is 86.0 Å². The fraction of sp³-hybridized carbons (Fsp3) is 1.00. The first-order valence-corrected chi connectivity index (χ1v) is 31.3. The van der Waals surface area contributed by atoms with Crippen LogP contribution in [0.4, 0.5) is 0 Å². The van der Waals surface area contributed by atoms with E-state index >= 15 is 0 Å². The van der Waals surface area contributed by atoms with Gasteiger partial charge >= 0.3 is 0 Å². The average molecular weight is 1130 g/mol. The van der Waals surface area contributed by atoms with E-state index in [2.05, 4.69) is 13.8 Å². The lowest BCUT2D eigenvalue weighted by atomic mass is 10.0. The topological polar surface area (TPSA) is 188 Å². The zero-order chi connectivity index (χ0) is 56.3. The van der Waals surface area contributed by atoms with E-state index in [9.17, 15) is 0 Å². The van der Waals surface area contributed by atoms with E-state index in [1.165, 1.54) is 141 Å². The van der Waals surface area contributed by atoms with Gasteiger partial charge < -0.3 is 86.0 Å². The molecule has 0 aliphatic heterocycles. The highest BCUT2D eigenvalue weighted by Crippen LogP contribution is 2.13. The Balaban J connectivity index is 0. The third-order valence-corrected chi connectivity index (χ3v) is 12.0. The average Bonchev–Trinajstić information content (AvgIpc) is 3.45. The summed E-state index contributed by atoms with van der Waals surface area (Å²) in [5, 5.41) is 17.1. The van der Waals surface area contributed by atoms with Crippen molar-refractivity contribution >= 4 is 0 Å². The highest BCUT2D eigenvalue weighted by Gasteiger charge is 2.00. The molecule has 0 aliphatic carbocycles. The number of hydrogen-bond donors (Lipinski definition) is 2. The van der Waals surface area contributed by atoms with Crippen molar-refractivity contribution in [3.63, 3.8) is 0 Å². The van der Waals surface area contributed by atoms with Crippen LogP contribution in [0.15, 0.2) is 0 Å². The van der Waals surface area contributed by atoms with Gasteiger partial charge in [-0.2, -0.15) is 0 Å². The molecule has 0 aromatic carbocycles. The summed E-state index contributed by atoms with van der Waals surface area (Å²) >= 11 is 0. The maximum Gasteiger partial charge on any atom is 0.0701 e. The van der Waals surface area contributed by atoms with E-state index < -0.39 is 0 Å². The molecule has 0 spiro atoms. The summed E-state index contributed by atoms with van der Waals surface area (Å²) in [6.07, 6.45) is 32.7. The van der Waals surface area contributed by atoms with Gasteiger partial charge in [0.25, 0.3) is 0 Å². The zero-order valence-corrected chi connectivity index (χ0v) is 50.4. The van der Waals surface area contributed by atoms with Crippen LogP contribution in [0, 0.1) is 0 Å². The summed E-state index contributed by atoms with van der Waals surface area (Å²) in [5.74, 6) is 0. The van der Waals surface area contributed by atoms with Gasteiger partial charge in [-0.05, 0) is 12.8 Å². The molecule has 18 nitrogen and oxygen atoms in total. The Bertz CT molecular complexity index is 908. The van der Waals surface area contributed by atoms with Crippen LogP contribution in [-0.2, 0) is 75.8 Å². The summed E-state index contributed by atoms with van der Waals surface area (Å²) in [7, 11) is 0. The van der Waals surface area contributed by atoms with Crippen LogP contribution >= 0.6 is 0 Å². The minimum absolute atomic E-state index is 0.0352. The van der Waals surface area contributed by atoms with E-state index in [1.807, 2.05) is 0 Å². The minimum atomic E-state index is 0.0352. The normalized spacial score (nSPS) is 11.5. The number of rotatable bonds is 72. The standard InChI is InChI=1S/C32H66O9.C28H58O9/c1-2-3-4-5-6-7-8-9-10-11-12-13-14-15-17-34-19-21-36-23-25-38-27-29-40-31-32-41-30-28-39-26-24-37-22-20-35-18-16-33;1-2-3-4-5-6-7-8-9-10-11-13-30-15-17-32-19-21-34-23-25-36-27-28-37-26-24-35-22-20-33-18-16-31-14-12-29/h33H,2-32H2,1H3;29H,2-28H2,1H3. The van der Waals surface area contributed by atoms with Gasteiger partial charge in [-0.1, -0.05) is 155 Å². The van der Waals surface area contributed by atoms with E-state index in [1.54, 1.807) is 0 Å². The predicted molar refractivity (Wildman–Crippen MR) is 309 cm³/mol. The van der Waals surface area contributed by atoms with Gasteiger partial charge in [0.05, 0.1) is 211 Å². The predicted octanol–water partition coefficient (Wildman–Crippen LogP) is 9.63. The highest BCUT2D eigenvalue weighted by molar-refractivity contribution is 4.51. The van der Waals surface area contributed by atoms with Crippen molar-refractivity contribution in [3.8, 4) is 0 Å². The molecule has 0 aromatic rings. The second-order valence-corrected chi connectivity index (χ2v) is 19.0. The van der Waals surface area contributed by atoms with Crippen LogP contribution in [0.1, 0.15) is 168 Å². The van der Waals surface area contributed by atoms with Crippen LogP contribution < -0.4 is 0 Å². The molecule has 0 aromatic heterocycles. The Labute approximate surface area is 477 Å². The summed E-state index contributed by atoms with van der Waals surface area (Å²) in [5.41, 5.74) is 0. The smallest absolute Gasteiger partial charge is 0.0701 e. The van der Waals surface area contributed by atoms with Gasteiger partial charge in [-0.15, -0.1) is 0 Å². The van der Waals surface area contributed by atoms with Gasteiger partial charge in [-0.25, -0.2) is 0 Å². The number of ether oxygens (including phenoxy) is 16. The number of aliphatic hydroxyl groups is 2. The van der Waals surface area contributed by atoms with Gasteiger partial charge in [0.15, 0.2) is 0 Å². The van der Waals surface area contributed by atoms with Gasteiger partial charge in [-0.3, -0.25) is 0 Å². The Kier molecular flexibility index (Phi) is 81.9. The van der Waals surface area contributed by atoms with Crippen molar-refractivity contribution in [1.29, 1.82) is 0 Å². The van der Waals surface area contributed by atoms with Gasteiger partial charge in [0.2, 0.25) is 0 Å². The van der Waals surface area contributed by atoms with Crippen LogP contribution in [-0.4, -0.2) is 235 Å². The lowest BCUT2D eigenvalue weighted by Gasteiger charge is -2.08. The summed E-state index contributed by atoms with van der Waals surface area (Å²) < 4.78 is 86.8. The molecule has 0 atom stereocenters.